The number of carbonyl (C=O) groups is 1. The number of thioether (sulfide) groups is 1. The van der Waals surface area contributed by atoms with E-state index in [1.807, 2.05) is 16.7 Å². The minimum Gasteiger partial charge on any atom is -0.379 e. The summed E-state index contributed by atoms with van der Waals surface area (Å²) in [5.74, 6) is 2.87. The van der Waals surface area contributed by atoms with Crippen molar-refractivity contribution in [3.05, 3.63) is 0 Å². The maximum absolute atomic E-state index is 12.5. The first kappa shape index (κ1) is 18.9. The molecule has 0 spiro atoms. The van der Waals surface area contributed by atoms with Crippen molar-refractivity contribution < 1.29 is 9.53 Å². The molecule has 0 saturated carbocycles. The molecule has 6 heteroatoms. The van der Waals surface area contributed by atoms with Gasteiger partial charge in [-0.15, -0.1) is 0 Å². The molecule has 0 bridgehead atoms. The van der Waals surface area contributed by atoms with E-state index in [2.05, 4.69) is 24.1 Å². The van der Waals surface area contributed by atoms with E-state index < -0.39 is 0 Å². The molecule has 0 aliphatic carbocycles. The second-order valence-electron chi connectivity index (χ2n) is 6.43. The minimum absolute atomic E-state index is 0.122. The molecule has 2 fully saturated rings. The van der Waals surface area contributed by atoms with E-state index in [0.717, 1.165) is 71.0 Å². The Morgan fingerprint density at radius 3 is 2.57 bits per heavy atom. The number of morpholine rings is 1. The highest BCUT2D eigenvalue weighted by atomic mass is 32.2. The van der Waals surface area contributed by atoms with Crippen molar-refractivity contribution in [2.75, 3.05) is 57.4 Å². The number of hydrogen-bond acceptors (Lipinski definition) is 4. The van der Waals surface area contributed by atoms with Gasteiger partial charge in [-0.2, -0.15) is 11.8 Å². The number of nitrogens with zero attached hydrogens (tertiary/aromatic N) is 2. The molecule has 2 amide bonds. The monoisotopic (exact) mass is 343 g/mol. The van der Waals surface area contributed by atoms with Crippen LogP contribution in [0.25, 0.3) is 0 Å². The highest BCUT2D eigenvalue weighted by molar-refractivity contribution is 7.99. The van der Waals surface area contributed by atoms with Crippen molar-refractivity contribution in [3.63, 3.8) is 0 Å². The molecular formula is C17H33N3O2S. The number of carbonyl (C=O) groups excluding carboxylic acids is 1. The quantitative estimate of drug-likeness (QED) is 0.804. The first-order valence-corrected chi connectivity index (χ1v) is 10.3. The molecule has 1 N–H and O–H groups in total. The zero-order valence-corrected chi connectivity index (χ0v) is 15.6. The van der Waals surface area contributed by atoms with E-state index in [9.17, 15) is 4.79 Å². The third kappa shape index (κ3) is 5.84. The lowest BCUT2D eigenvalue weighted by molar-refractivity contribution is 0.00213. The Kier molecular flexibility index (Phi) is 8.55. The molecule has 0 aromatic heterocycles. The fourth-order valence-corrected chi connectivity index (χ4v) is 4.48. The maximum Gasteiger partial charge on any atom is 0.317 e. The fourth-order valence-electron chi connectivity index (χ4n) is 3.59. The molecule has 0 aromatic rings. The van der Waals surface area contributed by atoms with Crippen molar-refractivity contribution in [3.8, 4) is 0 Å². The Labute approximate surface area is 145 Å². The van der Waals surface area contributed by atoms with Crippen LogP contribution in [0.15, 0.2) is 0 Å². The topological polar surface area (TPSA) is 44.8 Å². The van der Waals surface area contributed by atoms with Crippen LogP contribution in [0.2, 0.25) is 0 Å². The number of urea groups is 1. The summed E-state index contributed by atoms with van der Waals surface area (Å²) in [4.78, 5) is 17.0. The Balaban J connectivity index is 1.89. The van der Waals surface area contributed by atoms with Crippen molar-refractivity contribution in [2.45, 2.75) is 39.2 Å². The van der Waals surface area contributed by atoms with Crippen LogP contribution in [0.5, 0.6) is 0 Å². The van der Waals surface area contributed by atoms with Gasteiger partial charge < -0.3 is 15.0 Å². The van der Waals surface area contributed by atoms with Gasteiger partial charge in [-0.25, -0.2) is 4.79 Å². The van der Waals surface area contributed by atoms with E-state index >= 15 is 0 Å². The van der Waals surface area contributed by atoms with Crippen LogP contribution in [0.4, 0.5) is 4.79 Å². The molecule has 2 aliphatic rings. The molecule has 2 heterocycles. The van der Waals surface area contributed by atoms with Crippen molar-refractivity contribution in [1.82, 2.24) is 15.1 Å². The Bertz CT molecular complexity index is 339. The molecule has 1 unspecified atom stereocenters. The number of amides is 2. The van der Waals surface area contributed by atoms with Crippen molar-refractivity contribution >= 4 is 17.8 Å². The summed E-state index contributed by atoms with van der Waals surface area (Å²) in [6.45, 7) is 10.6. The number of rotatable bonds is 6. The average Bonchev–Trinajstić information content (AvgIpc) is 2.88. The molecule has 23 heavy (non-hydrogen) atoms. The normalized spacial score (nSPS) is 22.0. The van der Waals surface area contributed by atoms with Crippen LogP contribution in [-0.2, 0) is 4.74 Å². The Morgan fingerprint density at radius 2 is 1.87 bits per heavy atom. The van der Waals surface area contributed by atoms with Crippen LogP contribution in [0.1, 0.15) is 33.1 Å². The van der Waals surface area contributed by atoms with E-state index in [1.165, 1.54) is 5.75 Å². The van der Waals surface area contributed by atoms with Crippen molar-refractivity contribution in [2.24, 2.45) is 5.92 Å². The lowest BCUT2D eigenvalue weighted by Gasteiger charge is -2.39. The predicted molar refractivity (Wildman–Crippen MR) is 97.2 cm³/mol. The summed E-state index contributed by atoms with van der Waals surface area (Å²) >= 11 is 1.95. The van der Waals surface area contributed by atoms with Gasteiger partial charge in [-0.1, -0.05) is 26.7 Å². The fraction of sp³-hybridized carbons (Fsp3) is 0.941. The number of nitrogens with one attached hydrogen (secondary N) is 1. The predicted octanol–water partition coefficient (Wildman–Crippen LogP) is 2.27. The minimum atomic E-state index is 0.122. The summed E-state index contributed by atoms with van der Waals surface area (Å²) in [6.07, 6.45) is 3.43. The summed E-state index contributed by atoms with van der Waals surface area (Å²) in [5.41, 5.74) is 0. The highest BCUT2D eigenvalue weighted by Crippen LogP contribution is 2.20. The lowest BCUT2D eigenvalue weighted by Crippen LogP contribution is -2.53. The molecule has 134 valence electrons. The molecule has 2 rings (SSSR count). The van der Waals surface area contributed by atoms with Gasteiger partial charge in [-0.05, 0) is 18.1 Å². The molecule has 0 radical (unpaired) electrons. The third-order valence-corrected chi connectivity index (χ3v) is 6.13. The highest BCUT2D eigenvalue weighted by Gasteiger charge is 2.28. The van der Waals surface area contributed by atoms with Crippen LogP contribution in [-0.4, -0.2) is 79.3 Å². The van der Waals surface area contributed by atoms with Gasteiger partial charge in [0.1, 0.15) is 0 Å². The van der Waals surface area contributed by atoms with Gasteiger partial charge >= 0.3 is 6.03 Å². The summed E-state index contributed by atoms with van der Waals surface area (Å²) in [6, 6.07) is 0.552. The van der Waals surface area contributed by atoms with Crippen LogP contribution in [0, 0.1) is 5.92 Å². The first-order valence-electron chi connectivity index (χ1n) is 9.18. The number of hydrogen-bond donors (Lipinski definition) is 1. The van der Waals surface area contributed by atoms with E-state index in [0.29, 0.717) is 12.0 Å². The van der Waals surface area contributed by atoms with Gasteiger partial charge in [0.15, 0.2) is 0 Å². The third-order valence-electron chi connectivity index (χ3n) is 5.08. The molecule has 1 atom stereocenters. The standard InChI is InChI=1S/C17H33N3O2S/c1-3-15(4-2)16(19-7-10-22-11-8-19)14-18-17(21)20-6-5-12-23-13-9-20/h15-16H,3-14H2,1-2H3,(H,18,21). The van der Waals surface area contributed by atoms with Gasteiger partial charge in [0.25, 0.3) is 0 Å². The largest absolute Gasteiger partial charge is 0.379 e. The SMILES string of the molecule is CCC(CC)C(CNC(=O)N1CCCSCC1)N1CCOCC1. The molecular weight excluding hydrogens is 310 g/mol. The summed E-state index contributed by atoms with van der Waals surface area (Å²) < 4.78 is 5.49. The Morgan fingerprint density at radius 1 is 1.13 bits per heavy atom. The summed E-state index contributed by atoms with van der Waals surface area (Å²) in [7, 11) is 0. The van der Waals surface area contributed by atoms with Crippen molar-refractivity contribution in [1.29, 1.82) is 0 Å². The maximum atomic E-state index is 12.5. The van der Waals surface area contributed by atoms with E-state index in [1.54, 1.807) is 0 Å². The van der Waals surface area contributed by atoms with Gasteiger partial charge in [0.2, 0.25) is 0 Å². The second-order valence-corrected chi connectivity index (χ2v) is 7.66. The van der Waals surface area contributed by atoms with Crippen LogP contribution in [0.3, 0.4) is 0 Å². The lowest BCUT2D eigenvalue weighted by atomic mass is 9.92. The molecule has 2 saturated heterocycles. The van der Waals surface area contributed by atoms with Crippen LogP contribution >= 0.6 is 11.8 Å². The Hall–Kier alpha value is -0.460. The number of ether oxygens (including phenoxy) is 1. The zero-order chi connectivity index (χ0) is 16.5. The van der Waals surface area contributed by atoms with Crippen LogP contribution < -0.4 is 5.32 Å². The molecule has 0 aromatic carbocycles. The molecule has 5 nitrogen and oxygen atoms in total. The van der Waals surface area contributed by atoms with Gasteiger partial charge in [-0.3, -0.25) is 4.90 Å². The zero-order valence-electron chi connectivity index (χ0n) is 14.8. The summed E-state index contributed by atoms with van der Waals surface area (Å²) in [5, 5.41) is 3.22. The molecule has 2 aliphatic heterocycles. The van der Waals surface area contributed by atoms with Gasteiger partial charge in [0.05, 0.1) is 13.2 Å². The van der Waals surface area contributed by atoms with E-state index in [4.69, 9.17) is 4.74 Å². The van der Waals surface area contributed by atoms with Gasteiger partial charge in [0, 0.05) is 44.5 Å². The average molecular weight is 344 g/mol. The first-order chi connectivity index (χ1) is 11.3. The second kappa shape index (κ2) is 10.4. The smallest absolute Gasteiger partial charge is 0.317 e. The van der Waals surface area contributed by atoms with E-state index in [-0.39, 0.29) is 6.03 Å².